The van der Waals surface area contributed by atoms with Gasteiger partial charge in [-0.15, -0.1) is 0 Å². The lowest BCUT2D eigenvalue weighted by molar-refractivity contribution is -0.0601. The van der Waals surface area contributed by atoms with Crippen LogP contribution in [-0.2, 0) is 9.47 Å². The minimum absolute atomic E-state index is 0.0923. The van der Waals surface area contributed by atoms with E-state index in [9.17, 15) is 0 Å². The molecule has 1 fully saturated rings. The highest BCUT2D eigenvalue weighted by atomic mass is 16.5. The lowest BCUT2D eigenvalue weighted by atomic mass is 9.75. The number of hydrogen-bond donors (Lipinski definition) is 1. The van der Waals surface area contributed by atoms with Crippen molar-refractivity contribution < 1.29 is 14.6 Å². The molecule has 1 rings (SSSR count). The van der Waals surface area contributed by atoms with Crippen LogP contribution >= 0.6 is 0 Å². The summed E-state index contributed by atoms with van der Waals surface area (Å²) in [7, 11) is 0. The Hall–Kier alpha value is -0.120. The Balaban J connectivity index is 2.26. The van der Waals surface area contributed by atoms with E-state index >= 15 is 0 Å². The monoisotopic (exact) mass is 244 g/mol. The van der Waals surface area contributed by atoms with Crippen molar-refractivity contribution in [3.8, 4) is 0 Å². The number of aliphatic hydroxyl groups is 1. The molecule has 3 heteroatoms. The van der Waals surface area contributed by atoms with Crippen LogP contribution in [0.5, 0.6) is 0 Å². The van der Waals surface area contributed by atoms with Crippen molar-refractivity contribution in [2.45, 2.75) is 46.1 Å². The molecule has 1 aliphatic carbocycles. The van der Waals surface area contributed by atoms with E-state index in [1.165, 1.54) is 19.3 Å². The van der Waals surface area contributed by atoms with Gasteiger partial charge in [-0.2, -0.15) is 0 Å². The Labute approximate surface area is 105 Å². The van der Waals surface area contributed by atoms with Crippen molar-refractivity contribution in [1.82, 2.24) is 0 Å². The van der Waals surface area contributed by atoms with Gasteiger partial charge in [0.15, 0.2) is 0 Å². The smallest absolute Gasteiger partial charge is 0.0704 e. The molecular weight excluding hydrogens is 216 g/mol. The van der Waals surface area contributed by atoms with Gasteiger partial charge in [0.25, 0.3) is 0 Å². The van der Waals surface area contributed by atoms with Crippen molar-refractivity contribution in [3.05, 3.63) is 0 Å². The van der Waals surface area contributed by atoms with Gasteiger partial charge in [0.2, 0.25) is 0 Å². The second-order valence-electron chi connectivity index (χ2n) is 5.57. The zero-order valence-corrected chi connectivity index (χ0v) is 11.5. The summed E-state index contributed by atoms with van der Waals surface area (Å²) in [4.78, 5) is 0. The van der Waals surface area contributed by atoms with E-state index in [1.54, 1.807) is 0 Å². The Morgan fingerprint density at radius 3 is 2.59 bits per heavy atom. The highest BCUT2D eigenvalue weighted by Gasteiger charge is 2.31. The first-order valence-electron chi connectivity index (χ1n) is 6.95. The fourth-order valence-corrected chi connectivity index (χ4v) is 2.73. The molecule has 0 aromatic rings. The summed E-state index contributed by atoms with van der Waals surface area (Å²) >= 11 is 0. The van der Waals surface area contributed by atoms with Gasteiger partial charge in [-0.1, -0.05) is 27.2 Å². The van der Waals surface area contributed by atoms with Gasteiger partial charge in [-0.25, -0.2) is 0 Å². The Morgan fingerprint density at radius 2 is 1.94 bits per heavy atom. The first kappa shape index (κ1) is 14.9. The summed E-state index contributed by atoms with van der Waals surface area (Å²) in [5, 5.41) is 8.60. The van der Waals surface area contributed by atoms with E-state index in [0.29, 0.717) is 37.8 Å². The van der Waals surface area contributed by atoms with Gasteiger partial charge >= 0.3 is 0 Å². The third kappa shape index (κ3) is 5.36. The standard InChI is InChI=1S/C14H28O3/c1-11(2)13-5-4-12(3)10-14(13)17-9-8-16-7-6-15/h11-15H,4-10H2,1-3H3/t12-,13+,14-/m0/s1. The molecule has 102 valence electrons. The molecule has 3 nitrogen and oxygen atoms in total. The molecule has 0 bridgehead atoms. The predicted molar refractivity (Wildman–Crippen MR) is 69.0 cm³/mol. The highest BCUT2D eigenvalue weighted by molar-refractivity contribution is 4.81. The number of ether oxygens (including phenoxy) is 2. The lowest BCUT2D eigenvalue weighted by Crippen LogP contribution is -2.35. The summed E-state index contributed by atoms with van der Waals surface area (Å²) in [5.41, 5.74) is 0. The summed E-state index contributed by atoms with van der Waals surface area (Å²) in [6.07, 6.45) is 4.21. The molecule has 0 amide bonds. The van der Waals surface area contributed by atoms with Gasteiger partial charge in [0.05, 0.1) is 32.5 Å². The van der Waals surface area contributed by atoms with Gasteiger partial charge < -0.3 is 14.6 Å². The number of hydrogen-bond acceptors (Lipinski definition) is 3. The minimum atomic E-state index is 0.0923. The largest absolute Gasteiger partial charge is 0.394 e. The molecule has 0 spiro atoms. The Bertz CT molecular complexity index is 194. The minimum Gasteiger partial charge on any atom is -0.394 e. The van der Waals surface area contributed by atoms with Crippen molar-refractivity contribution in [2.75, 3.05) is 26.4 Å². The molecule has 0 radical (unpaired) electrons. The van der Waals surface area contributed by atoms with Crippen molar-refractivity contribution >= 4 is 0 Å². The van der Waals surface area contributed by atoms with Gasteiger partial charge in [0, 0.05) is 0 Å². The highest BCUT2D eigenvalue weighted by Crippen LogP contribution is 2.35. The summed E-state index contributed by atoms with van der Waals surface area (Å²) in [6.45, 7) is 8.65. The molecule has 0 unspecified atom stereocenters. The van der Waals surface area contributed by atoms with Crippen molar-refractivity contribution in [2.24, 2.45) is 17.8 Å². The van der Waals surface area contributed by atoms with E-state index in [4.69, 9.17) is 14.6 Å². The molecular formula is C14H28O3. The molecule has 1 saturated carbocycles. The lowest BCUT2D eigenvalue weighted by Gasteiger charge is -2.37. The Morgan fingerprint density at radius 1 is 1.18 bits per heavy atom. The first-order chi connectivity index (χ1) is 8.15. The molecule has 1 aliphatic rings. The molecule has 3 atom stereocenters. The van der Waals surface area contributed by atoms with Crippen LogP contribution in [0.4, 0.5) is 0 Å². The van der Waals surface area contributed by atoms with Crippen LogP contribution < -0.4 is 0 Å². The SMILES string of the molecule is CC(C)[C@H]1CC[C@H](C)C[C@@H]1OCCOCCO. The van der Waals surface area contributed by atoms with Crippen molar-refractivity contribution in [3.63, 3.8) is 0 Å². The molecule has 0 aromatic carbocycles. The zero-order chi connectivity index (χ0) is 12.7. The normalized spacial score (nSPS) is 29.8. The van der Waals surface area contributed by atoms with E-state index in [0.717, 1.165) is 5.92 Å². The quantitative estimate of drug-likeness (QED) is 0.699. The van der Waals surface area contributed by atoms with E-state index in [1.807, 2.05) is 0 Å². The van der Waals surface area contributed by atoms with Crippen LogP contribution in [0.3, 0.4) is 0 Å². The molecule has 1 N–H and O–H groups in total. The van der Waals surface area contributed by atoms with E-state index in [-0.39, 0.29) is 6.61 Å². The molecule has 0 aromatic heterocycles. The fraction of sp³-hybridized carbons (Fsp3) is 1.00. The second-order valence-corrected chi connectivity index (χ2v) is 5.57. The third-order valence-electron chi connectivity index (χ3n) is 3.76. The molecule has 0 heterocycles. The molecule has 17 heavy (non-hydrogen) atoms. The maximum absolute atomic E-state index is 8.60. The Kier molecular flexibility index (Phi) is 7.09. The third-order valence-corrected chi connectivity index (χ3v) is 3.76. The predicted octanol–water partition coefficient (Wildman–Crippen LogP) is 2.47. The second kappa shape index (κ2) is 8.06. The zero-order valence-electron chi connectivity index (χ0n) is 11.5. The average Bonchev–Trinajstić information content (AvgIpc) is 2.28. The van der Waals surface area contributed by atoms with E-state index in [2.05, 4.69) is 20.8 Å². The number of aliphatic hydroxyl groups excluding tert-OH is 1. The first-order valence-corrected chi connectivity index (χ1v) is 6.95. The van der Waals surface area contributed by atoms with E-state index < -0.39 is 0 Å². The van der Waals surface area contributed by atoms with Crippen LogP contribution in [0.1, 0.15) is 40.0 Å². The van der Waals surface area contributed by atoms with Gasteiger partial charge in [-0.3, -0.25) is 0 Å². The van der Waals surface area contributed by atoms with Crippen LogP contribution in [-0.4, -0.2) is 37.6 Å². The van der Waals surface area contributed by atoms with Gasteiger partial charge in [-0.05, 0) is 30.6 Å². The summed E-state index contributed by atoms with van der Waals surface area (Å²) in [6, 6.07) is 0. The fourth-order valence-electron chi connectivity index (χ4n) is 2.73. The molecule has 0 saturated heterocycles. The summed E-state index contributed by atoms with van der Waals surface area (Å²) < 4.78 is 11.2. The average molecular weight is 244 g/mol. The topological polar surface area (TPSA) is 38.7 Å². The van der Waals surface area contributed by atoms with Gasteiger partial charge in [0.1, 0.15) is 0 Å². The maximum atomic E-state index is 8.60. The van der Waals surface area contributed by atoms with Crippen molar-refractivity contribution in [1.29, 1.82) is 0 Å². The van der Waals surface area contributed by atoms with Crippen LogP contribution in [0.2, 0.25) is 0 Å². The van der Waals surface area contributed by atoms with Crippen LogP contribution in [0.25, 0.3) is 0 Å². The molecule has 0 aliphatic heterocycles. The summed E-state index contributed by atoms with van der Waals surface area (Å²) in [5.74, 6) is 2.18. The van der Waals surface area contributed by atoms with Crippen LogP contribution in [0, 0.1) is 17.8 Å². The maximum Gasteiger partial charge on any atom is 0.0704 e. The van der Waals surface area contributed by atoms with Crippen LogP contribution in [0.15, 0.2) is 0 Å². The number of rotatable bonds is 7.